The first-order valence-corrected chi connectivity index (χ1v) is 12.6. The summed E-state index contributed by atoms with van der Waals surface area (Å²) in [6.45, 7) is 6.34. The molecule has 1 aliphatic rings. The van der Waals surface area contributed by atoms with Gasteiger partial charge in [-0.2, -0.15) is 0 Å². The highest BCUT2D eigenvalue weighted by Gasteiger charge is 2.47. The number of hydrogen-bond acceptors (Lipinski definition) is 6. The zero-order valence-corrected chi connectivity index (χ0v) is 22.7. The molecule has 0 spiro atoms. The van der Waals surface area contributed by atoms with E-state index in [9.17, 15) is 14.7 Å². The van der Waals surface area contributed by atoms with Gasteiger partial charge in [0.15, 0.2) is 11.5 Å². The summed E-state index contributed by atoms with van der Waals surface area (Å²) < 4.78 is 16.7. The van der Waals surface area contributed by atoms with E-state index in [2.05, 4.69) is 0 Å². The van der Waals surface area contributed by atoms with E-state index in [0.29, 0.717) is 57.2 Å². The normalized spacial score (nSPS) is 16.7. The molecule has 1 heterocycles. The Kier molecular flexibility index (Phi) is 7.97. The molecule has 4 rings (SSSR count). The van der Waals surface area contributed by atoms with Crippen molar-refractivity contribution in [2.45, 2.75) is 26.8 Å². The Morgan fingerprint density at radius 2 is 1.71 bits per heavy atom. The Bertz CT molecular complexity index is 1410. The number of anilines is 1. The van der Waals surface area contributed by atoms with E-state index in [1.807, 2.05) is 13.8 Å². The number of carbonyl (C=O) groups is 2. The zero-order chi connectivity index (χ0) is 27.6. The summed E-state index contributed by atoms with van der Waals surface area (Å²) in [5, 5.41) is 11.9. The van der Waals surface area contributed by atoms with Crippen LogP contribution in [0, 0.1) is 12.8 Å². The number of rotatable bonds is 8. The number of Topliss-reactive ketones (excluding diaryl/α,β-unsaturated/α-hetero) is 1. The summed E-state index contributed by atoms with van der Waals surface area (Å²) >= 11 is 6.39. The van der Waals surface area contributed by atoms with Crippen molar-refractivity contribution >= 4 is 34.7 Å². The molecule has 0 radical (unpaired) electrons. The molecule has 1 fully saturated rings. The standard InChI is InChI=1S/C30H30ClNO6/c1-17(2)16-38-21-9-6-8-20(14-21)28(33)26-27(19-12-13-24(36-4)25(15-19)37-5)32(30(35)29(26)34)23-11-7-10-22(31)18(23)3/h6-15,17,27,33H,16H2,1-5H3/b28-26+. The summed E-state index contributed by atoms with van der Waals surface area (Å²) in [4.78, 5) is 28.4. The van der Waals surface area contributed by atoms with Crippen LogP contribution < -0.4 is 19.1 Å². The maximum atomic E-state index is 13.5. The second kappa shape index (κ2) is 11.2. The Balaban J connectivity index is 1.94. The monoisotopic (exact) mass is 535 g/mol. The lowest BCUT2D eigenvalue weighted by Gasteiger charge is -2.27. The summed E-state index contributed by atoms with van der Waals surface area (Å²) in [5.41, 5.74) is 1.95. The quantitative estimate of drug-likeness (QED) is 0.206. The highest BCUT2D eigenvalue weighted by Crippen LogP contribution is 2.45. The smallest absolute Gasteiger partial charge is 0.300 e. The third kappa shape index (κ3) is 5.07. The Morgan fingerprint density at radius 3 is 2.39 bits per heavy atom. The summed E-state index contributed by atoms with van der Waals surface area (Å²) in [5.74, 6) is -0.127. The first kappa shape index (κ1) is 27.1. The molecule has 3 aromatic rings. The molecule has 0 aromatic heterocycles. The molecule has 1 saturated heterocycles. The number of amides is 1. The van der Waals surface area contributed by atoms with Crippen molar-refractivity contribution in [3.05, 3.63) is 87.9 Å². The second-order valence-electron chi connectivity index (χ2n) is 9.40. The fourth-order valence-electron chi connectivity index (χ4n) is 4.43. The van der Waals surface area contributed by atoms with E-state index < -0.39 is 17.7 Å². The van der Waals surface area contributed by atoms with Gasteiger partial charge in [-0.15, -0.1) is 0 Å². The molecular formula is C30H30ClNO6. The van der Waals surface area contributed by atoms with Crippen LogP contribution in [0.5, 0.6) is 17.2 Å². The third-order valence-corrected chi connectivity index (χ3v) is 6.77. The number of hydrogen-bond donors (Lipinski definition) is 1. The number of nitrogens with zero attached hydrogens (tertiary/aromatic N) is 1. The molecule has 1 N–H and O–H groups in total. The lowest BCUT2D eigenvalue weighted by molar-refractivity contribution is -0.132. The van der Waals surface area contributed by atoms with Crippen LogP contribution in [0.4, 0.5) is 5.69 Å². The SMILES string of the molecule is COc1ccc(C2/C(=C(\O)c3cccc(OCC(C)C)c3)C(=O)C(=O)N2c2cccc(Cl)c2C)cc1OC. The molecule has 1 amide bonds. The number of halogens is 1. The van der Waals surface area contributed by atoms with Crippen molar-refractivity contribution in [1.82, 2.24) is 0 Å². The largest absolute Gasteiger partial charge is 0.507 e. The molecule has 8 heteroatoms. The highest BCUT2D eigenvalue weighted by atomic mass is 35.5. The van der Waals surface area contributed by atoms with E-state index in [1.54, 1.807) is 67.6 Å². The van der Waals surface area contributed by atoms with Crippen molar-refractivity contribution in [2.24, 2.45) is 5.92 Å². The fraction of sp³-hybridized carbons (Fsp3) is 0.267. The molecule has 3 aromatic carbocycles. The second-order valence-corrected chi connectivity index (χ2v) is 9.81. The molecule has 0 saturated carbocycles. The number of benzene rings is 3. The lowest BCUT2D eigenvalue weighted by Crippen LogP contribution is -2.30. The molecule has 1 aliphatic heterocycles. The number of ketones is 1. The number of ether oxygens (including phenoxy) is 3. The van der Waals surface area contributed by atoms with Gasteiger partial charge < -0.3 is 19.3 Å². The maximum Gasteiger partial charge on any atom is 0.300 e. The first-order chi connectivity index (χ1) is 18.2. The van der Waals surface area contributed by atoms with Gasteiger partial charge in [-0.3, -0.25) is 14.5 Å². The summed E-state index contributed by atoms with van der Waals surface area (Å²) in [6, 6.07) is 16.1. The van der Waals surface area contributed by atoms with Gasteiger partial charge in [0.2, 0.25) is 0 Å². The van der Waals surface area contributed by atoms with Crippen molar-refractivity contribution in [3.63, 3.8) is 0 Å². The van der Waals surface area contributed by atoms with Gasteiger partial charge in [0, 0.05) is 16.3 Å². The maximum absolute atomic E-state index is 13.5. The van der Waals surface area contributed by atoms with Crippen LogP contribution in [0.15, 0.2) is 66.2 Å². The van der Waals surface area contributed by atoms with E-state index in [-0.39, 0.29) is 11.3 Å². The number of carbonyl (C=O) groups excluding carboxylic acids is 2. The fourth-order valence-corrected chi connectivity index (χ4v) is 4.60. The Morgan fingerprint density at radius 1 is 1.00 bits per heavy atom. The predicted octanol–water partition coefficient (Wildman–Crippen LogP) is 6.33. The van der Waals surface area contributed by atoms with Crippen LogP contribution in [0.25, 0.3) is 5.76 Å². The summed E-state index contributed by atoms with van der Waals surface area (Å²) in [7, 11) is 3.02. The van der Waals surface area contributed by atoms with E-state index in [1.165, 1.54) is 19.1 Å². The molecule has 38 heavy (non-hydrogen) atoms. The minimum absolute atomic E-state index is 0.0531. The minimum Gasteiger partial charge on any atom is -0.507 e. The lowest BCUT2D eigenvalue weighted by atomic mass is 9.94. The number of aliphatic hydroxyl groups is 1. The number of aliphatic hydroxyl groups excluding tert-OH is 1. The van der Waals surface area contributed by atoms with Crippen LogP contribution in [0.2, 0.25) is 5.02 Å². The molecule has 7 nitrogen and oxygen atoms in total. The third-order valence-electron chi connectivity index (χ3n) is 6.36. The van der Waals surface area contributed by atoms with Gasteiger partial charge in [-0.1, -0.05) is 49.7 Å². The van der Waals surface area contributed by atoms with Crippen LogP contribution >= 0.6 is 11.6 Å². The van der Waals surface area contributed by atoms with Crippen molar-refractivity contribution in [3.8, 4) is 17.2 Å². The van der Waals surface area contributed by atoms with Crippen LogP contribution in [0.1, 0.15) is 36.6 Å². The first-order valence-electron chi connectivity index (χ1n) is 12.2. The minimum atomic E-state index is -0.952. The number of methoxy groups -OCH3 is 2. The van der Waals surface area contributed by atoms with E-state index in [0.717, 1.165) is 0 Å². The Labute approximate surface area is 227 Å². The van der Waals surface area contributed by atoms with Gasteiger partial charge in [0.25, 0.3) is 11.7 Å². The zero-order valence-electron chi connectivity index (χ0n) is 21.9. The van der Waals surface area contributed by atoms with Gasteiger partial charge in [0.05, 0.1) is 32.4 Å². The van der Waals surface area contributed by atoms with E-state index in [4.69, 9.17) is 25.8 Å². The molecule has 0 bridgehead atoms. The van der Waals surface area contributed by atoms with Crippen LogP contribution in [0.3, 0.4) is 0 Å². The molecule has 0 aliphatic carbocycles. The molecule has 198 valence electrons. The highest BCUT2D eigenvalue weighted by molar-refractivity contribution is 6.52. The average molecular weight is 536 g/mol. The van der Waals surface area contributed by atoms with Crippen LogP contribution in [-0.2, 0) is 9.59 Å². The van der Waals surface area contributed by atoms with Gasteiger partial charge in [0.1, 0.15) is 11.5 Å². The average Bonchev–Trinajstić information content (AvgIpc) is 3.18. The predicted molar refractivity (Wildman–Crippen MR) is 147 cm³/mol. The van der Waals surface area contributed by atoms with Crippen molar-refractivity contribution in [2.75, 3.05) is 25.7 Å². The van der Waals surface area contributed by atoms with E-state index >= 15 is 0 Å². The van der Waals surface area contributed by atoms with Gasteiger partial charge >= 0.3 is 0 Å². The van der Waals surface area contributed by atoms with Gasteiger partial charge in [-0.25, -0.2) is 0 Å². The topological polar surface area (TPSA) is 85.3 Å². The van der Waals surface area contributed by atoms with Crippen molar-refractivity contribution < 1.29 is 28.9 Å². The van der Waals surface area contributed by atoms with Crippen LogP contribution in [-0.4, -0.2) is 37.6 Å². The Hall–Kier alpha value is -3.97. The molecule has 1 atom stereocenters. The van der Waals surface area contributed by atoms with Crippen molar-refractivity contribution in [1.29, 1.82) is 0 Å². The van der Waals surface area contributed by atoms with Gasteiger partial charge in [-0.05, 0) is 60.4 Å². The molecular weight excluding hydrogens is 506 g/mol. The molecule has 1 unspecified atom stereocenters. The summed E-state index contributed by atoms with van der Waals surface area (Å²) in [6.07, 6.45) is 0.